The lowest BCUT2D eigenvalue weighted by Crippen LogP contribution is -2.41. The average molecular weight is 651 g/mol. The van der Waals surface area contributed by atoms with Gasteiger partial charge in [-0.25, -0.2) is 14.4 Å². The van der Waals surface area contributed by atoms with Crippen LogP contribution in [0.15, 0.2) is 42.7 Å². The standard InChI is InChI=1S/C36H39FN8O3/c1-19-25-10-8-20-14-28(44(33(20)41-25)12-6-4-5-7-21-16-39-17-24(37)30(21)35(46)40-19)34-42-26-13-23(15-29(48-3)32(26)43(34)2)36(47)45-18-22-9-11-27(45)31(22)38/h8,10,13-17,19,22,27,31H,4-7,9,11-12,18,38H2,1-3H3,(H,40,46)/t19-,22-,27-,31-/m1/s1. The lowest BCUT2D eigenvalue weighted by Gasteiger charge is -2.27. The summed E-state index contributed by atoms with van der Waals surface area (Å²) in [5.74, 6) is 0.547. The number of aromatic nitrogens is 5. The molecule has 3 aliphatic rings. The van der Waals surface area contributed by atoms with Crippen molar-refractivity contribution >= 4 is 33.9 Å². The molecule has 5 aromatic rings. The van der Waals surface area contributed by atoms with Crippen LogP contribution in [-0.4, -0.2) is 66.5 Å². The number of imidazole rings is 1. The summed E-state index contributed by atoms with van der Waals surface area (Å²) in [4.78, 5) is 43.1. The van der Waals surface area contributed by atoms with Crippen LogP contribution in [0.2, 0.25) is 0 Å². The first kappa shape index (κ1) is 30.5. The van der Waals surface area contributed by atoms with Gasteiger partial charge in [0.15, 0.2) is 11.6 Å². The summed E-state index contributed by atoms with van der Waals surface area (Å²) >= 11 is 0. The highest BCUT2D eigenvalue weighted by Crippen LogP contribution is 2.39. The molecule has 48 heavy (non-hydrogen) atoms. The Kier molecular flexibility index (Phi) is 7.43. The summed E-state index contributed by atoms with van der Waals surface area (Å²) in [5.41, 5.74) is 11.4. The van der Waals surface area contributed by atoms with Crippen molar-refractivity contribution in [2.75, 3.05) is 13.7 Å². The van der Waals surface area contributed by atoms with E-state index >= 15 is 0 Å². The van der Waals surface area contributed by atoms with E-state index in [0.717, 1.165) is 66.4 Å². The maximum absolute atomic E-state index is 14.8. The van der Waals surface area contributed by atoms with Crippen LogP contribution in [0, 0.1) is 11.7 Å². The Bertz CT molecular complexity index is 2100. The Morgan fingerprint density at radius 2 is 1.96 bits per heavy atom. The van der Waals surface area contributed by atoms with Gasteiger partial charge >= 0.3 is 0 Å². The van der Waals surface area contributed by atoms with Crippen LogP contribution in [0.4, 0.5) is 4.39 Å². The summed E-state index contributed by atoms with van der Waals surface area (Å²) in [6, 6.07) is 9.31. The number of benzene rings is 1. The van der Waals surface area contributed by atoms with Gasteiger partial charge in [0, 0.05) is 49.4 Å². The number of carbonyl (C=O) groups is 2. The summed E-state index contributed by atoms with van der Waals surface area (Å²) in [6.45, 7) is 3.23. The van der Waals surface area contributed by atoms with Crippen molar-refractivity contribution in [3.8, 4) is 17.3 Å². The van der Waals surface area contributed by atoms with E-state index in [1.807, 2.05) is 47.7 Å². The minimum Gasteiger partial charge on any atom is -0.494 e. The third-order valence-electron chi connectivity index (χ3n) is 10.6. The van der Waals surface area contributed by atoms with Gasteiger partial charge in [-0.05, 0) is 80.8 Å². The van der Waals surface area contributed by atoms with Crippen molar-refractivity contribution in [1.29, 1.82) is 0 Å². The predicted octanol–water partition coefficient (Wildman–Crippen LogP) is 4.91. The number of pyridine rings is 2. The fraction of sp³-hybridized carbons (Fsp3) is 0.417. The first-order valence-electron chi connectivity index (χ1n) is 16.8. The summed E-state index contributed by atoms with van der Waals surface area (Å²) < 4.78 is 24.9. The zero-order chi connectivity index (χ0) is 33.3. The molecule has 8 rings (SSSR count). The number of ether oxygens (including phenoxy) is 1. The number of piperidine rings is 1. The van der Waals surface area contributed by atoms with Gasteiger partial charge in [-0.1, -0.05) is 6.42 Å². The van der Waals surface area contributed by atoms with Gasteiger partial charge in [0.1, 0.15) is 16.9 Å². The SMILES string of the molecule is COc1cc(C(=O)N2C[C@H]3CC[C@@H]2[C@@H]3N)cc2nc(-c3cc4ccc5nc4n3CCCCCc3cncc(F)c3C(=O)N[C@@H]5C)n(C)c12. The van der Waals surface area contributed by atoms with Crippen molar-refractivity contribution in [1.82, 2.24) is 34.3 Å². The summed E-state index contributed by atoms with van der Waals surface area (Å²) in [7, 11) is 3.58. The normalized spacial score (nSPS) is 22.7. The molecule has 2 aliphatic heterocycles. The van der Waals surface area contributed by atoms with Crippen LogP contribution in [-0.2, 0) is 20.0 Å². The number of rotatable bonds is 3. The minimum atomic E-state index is -0.617. The monoisotopic (exact) mass is 650 g/mol. The molecule has 11 nitrogen and oxygen atoms in total. The van der Waals surface area contributed by atoms with Gasteiger partial charge in [-0.2, -0.15) is 0 Å². The second-order valence-corrected chi connectivity index (χ2v) is 13.5. The van der Waals surface area contributed by atoms with Crippen LogP contribution < -0.4 is 15.8 Å². The quantitative estimate of drug-likeness (QED) is 0.284. The number of halogens is 1. The van der Waals surface area contributed by atoms with Crippen molar-refractivity contribution < 1.29 is 18.7 Å². The van der Waals surface area contributed by atoms with Gasteiger partial charge in [-0.15, -0.1) is 0 Å². The van der Waals surface area contributed by atoms with E-state index in [1.54, 1.807) is 13.3 Å². The molecule has 0 radical (unpaired) electrons. The molecule has 2 amide bonds. The van der Waals surface area contributed by atoms with Crippen LogP contribution >= 0.6 is 0 Å². The molecule has 0 spiro atoms. The third-order valence-corrected chi connectivity index (χ3v) is 10.6. The summed E-state index contributed by atoms with van der Waals surface area (Å²) in [5, 5.41) is 3.89. The fourth-order valence-electron chi connectivity index (χ4n) is 8.09. The smallest absolute Gasteiger partial charge is 0.255 e. The fourth-order valence-corrected chi connectivity index (χ4v) is 8.09. The number of nitrogens with zero attached hydrogens (tertiary/aromatic N) is 6. The molecule has 4 atom stereocenters. The summed E-state index contributed by atoms with van der Waals surface area (Å²) in [6.07, 6.45) is 7.72. The highest BCUT2D eigenvalue weighted by Gasteiger charge is 2.47. The number of amides is 2. The number of nitrogens with two attached hydrogens (primary N) is 1. The molecular weight excluding hydrogens is 611 g/mol. The molecule has 248 valence electrons. The topological polar surface area (TPSA) is 133 Å². The van der Waals surface area contributed by atoms with E-state index in [9.17, 15) is 14.0 Å². The van der Waals surface area contributed by atoms with E-state index in [-0.39, 0.29) is 23.6 Å². The predicted molar refractivity (Wildman–Crippen MR) is 179 cm³/mol. The Balaban J connectivity index is 1.19. The largest absolute Gasteiger partial charge is 0.494 e. The minimum absolute atomic E-state index is 0.0357. The van der Waals surface area contributed by atoms with E-state index in [2.05, 4.69) is 20.9 Å². The number of carbonyl (C=O) groups excluding carboxylic acids is 2. The lowest BCUT2D eigenvalue weighted by molar-refractivity contribution is 0.0700. The Morgan fingerprint density at radius 1 is 1.10 bits per heavy atom. The molecule has 6 heterocycles. The first-order chi connectivity index (χ1) is 23.2. The molecule has 4 bridgehead atoms. The lowest BCUT2D eigenvalue weighted by atomic mass is 10.0. The van der Waals surface area contributed by atoms with Crippen molar-refractivity contribution in [2.45, 2.75) is 70.1 Å². The van der Waals surface area contributed by atoms with E-state index in [1.165, 1.54) is 0 Å². The van der Waals surface area contributed by atoms with Gasteiger partial charge in [0.2, 0.25) is 0 Å². The molecule has 4 aromatic heterocycles. The second-order valence-electron chi connectivity index (χ2n) is 13.5. The Morgan fingerprint density at radius 3 is 2.73 bits per heavy atom. The average Bonchev–Trinajstić information content (AvgIpc) is 3.82. The number of hydrogen-bond acceptors (Lipinski definition) is 7. The highest BCUT2D eigenvalue weighted by molar-refractivity contribution is 6.00. The number of methoxy groups -OCH3 is 1. The molecule has 3 N–H and O–H groups in total. The number of hydrogen-bond donors (Lipinski definition) is 2. The second kappa shape index (κ2) is 11.7. The van der Waals surface area contributed by atoms with Crippen LogP contribution in [0.5, 0.6) is 5.75 Å². The third kappa shape index (κ3) is 4.84. The molecule has 1 saturated heterocycles. The number of aryl methyl sites for hydroxylation is 3. The molecule has 1 saturated carbocycles. The maximum Gasteiger partial charge on any atom is 0.255 e. The molecule has 1 aliphatic carbocycles. The Labute approximate surface area is 277 Å². The maximum atomic E-state index is 14.8. The van der Waals surface area contributed by atoms with E-state index in [4.69, 9.17) is 20.4 Å². The Hall–Kier alpha value is -4.84. The molecule has 0 unspecified atom stereocenters. The number of likely N-dealkylation sites (tertiary alicyclic amines) is 1. The number of nitrogens with one attached hydrogen (secondary N) is 1. The van der Waals surface area contributed by atoms with Crippen LogP contribution in [0.25, 0.3) is 33.6 Å². The zero-order valence-electron chi connectivity index (χ0n) is 27.4. The van der Waals surface area contributed by atoms with Gasteiger partial charge < -0.3 is 29.8 Å². The van der Waals surface area contributed by atoms with Gasteiger partial charge in [0.05, 0.1) is 41.8 Å². The zero-order valence-corrected chi connectivity index (χ0v) is 27.4. The molecule has 12 heteroatoms. The first-order valence-corrected chi connectivity index (χ1v) is 16.8. The van der Waals surface area contributed by atoms with E-state index in [0.29, 0.717) is 53.5 Å². The van der Waals surface area contributed by atoms with Crippen LogP contribution in [0.1, 0.15) is 77.0 Å². The van der Waals surface area contributed by atoms with Crippen molar-refractivity contribution in [3.05, 3.63) is 70.9 Å². The molecule has 1 aromatic carbocycles. The van der Waals surface area contributed by atoms with E-state index < -0.39 is 17.8 Å². The van der Waals surface area contributed by atoms with Crippen molar-refractivity contribution in [2.24, 2.45) is 18.7 Å². The van der Waals surface area contributed by atoms with Crippen molar-refractivity contribution in [3.63, 3.8) is 0 Å². The van der Waals surface area contributed by atoms with Gasteiger partial charge in [-0.3, -0.25) is 14.6 Å². The highest BCUT2D eigenvalue weighted by atomic mass is 19.1. The molecule has 2 fully saturated rings. The van der Waals surface area contributed by atoms with Gasteiger partial charge in [0.25, 0.3) is 11.8 Å². The van der Waals surface area contributed by atoms with Crippen LogP contribution in [0.3, 0.4) is 0 Å². The molecular formula is C36H39FN8O3. The number of fused-ring (bicyclic) bond motifs is 5.